The first kappa shape index (κ1) is 10.5. The Balaban J connectivity index is 2.13. The van der Waals surface area contributed by atoms with Crippen LogP contribution >= 0.6 is 0 Å². The Morgan fingerprint density at radius 2 is 2.46 bits per heavy atom. The Bertz CT molecular complexity index is 156. The average Bonchev–Trinajstić information content (AvgIpc) is 2.19. The van der Waals surface area contributed by atoms with E-state index in [-0.39, 0.29) is 18.4 Å². The van der Waals surface area contributed by atoms with E-state index >= 15 is 0 Å². The number of rotatable bonds is 4. The van der Waals surface area contributed by atoms with Gasteiger partial charge < -0.3 is 15.7 Å². The van der Waals surface area contributed by atoms with Crippen molar-refractivity contribution in [2.75, 3.05) is 26.2 Å². The van der Waals surface area contributed by atoms with Gasteiger partial charge in [0.15, 0.2) is 0 Å². The molecule has 13 heavy (non-hydrogen) atoms. The number of nitrogens with one attached hydrogen (secondary N) is 2. The van der Waals surface area contributed by atoms with E-state index in [4.69, 9.17) is 5.11 Å². The molecule has 0 aliphatic carbocycles. The van der Waals surface area contributed by atoms with E-state index in [2.05, 4.69) is 10.6 Å². The van der Waals surface area contributed by atoms with Crippen LogP contribution in [0, 0.1) is 5.92 Å². The quantitative estimate of drug-likeness (QED) is 0.518. The van der Waals surface area contributed by atoms with Gasteiger partial charge in [-0.05, 0) is 25.8 Å². The van der Waals surface area contributed by atoms with Crippen molar-refractivity contribution >= 4 is 5.91 Å². The molecule has 1 saturated heterocycles. The predicted molar refractivity (Wildman–Crippen MR) is 50.3 cm³/mol. The minimum absolute atomic E-state index is 0.126. The molecule has 1 heterocycles. The number of aliphatic hydroxyl groups excluding tert-OH is 1. The Morgan fingerprint density at radius 1 is 1.62 bits per heavy atom. The number of carbonyl (C=O) groups excluding carboxylic acids is 1. The van der Waals surface area contributed by atoms with Gasteiger partial charge in [-0.1, -0.05) is 0 Å². The van der Waals surface area contributed by atoms with Crippen molar-refractivity contribution in [1.29, 1.82) is 0 Å². The van der Waals surface area contributed by atoms with Crippen LogP contribution in [0.5, 0.6) is 0 Å². The Kier molecular flexibility index (Phi) is 4.78. The van der Waals surface area contributed by atoms with E-state index in [1.807, 2.05) is 0 Å². The van der Waals surface area contributed by atoms with E-state index in [9.17, 15) is 4.79 Å². The lowest BCUT2D eigenvalue weighted by Gasteiger charge is -2.21. The zero-order chi connectivity index (χ0) is 9.52. The molecule has 3 N–H and O–H groups in total. The molecule has 1 rings (SSSR count). The molecule has 0 aromatic carbocycles. The topological polar surface area (TPSA) is 61.4 Å². The molecule has 4 nitrogen and oxygen atoms in total. The molecule has 0 spiro atoms. The molecule has 1 amide bonds. The van der Waals surface area contributed by atoms with Crippen molar-refractivity contribution in [2.24, 2.45) is 5.92 Å². The molecule has 0 aromatic rings. The standard InChI is InChI=1S/C9H18N2O2/c12-6-2-5-11-9(13)8-3-1-4-10-7-8/h8,10,12H,1-7H2,(H,11,13)/t8-/m0/s1. The van der Waals surface area contributed by atoms with Crippen LogP contribution in [0.15, 0.2) is 0 Å². The van der Waals surface area contributed by atoms with E-state index in [1.165, 1.54) is 0 Å². The Hall–Kier alpha value is -0.610. The maximum atomic E-state index is 11.4. The van der Waals surface area contributed by atoms with E-state index in [0.717, 1.165) is 25.9 Å². The molecule has 0 saturated carbocycles. The summed E-state index contributed by atoms with van der Waals surface area (Å²) in [5, 5.41) is 14.5. The Labute approximate surface area is 78.7 Å². The fourth-order valence-corrected chi connectivity index (χ4v) is 1.51. The largest absolute Gasteiger partial charge is 0.396 e. The summed E-state index contributed by atoms with van der Waals surface area (Å²) < 4.78 is 0. The highest BCUT2D eigenvalue weighted by Crippen LogP contribution is 2.09. The second-order valence-electron chi connectivity index (χ2n) is 3.41. The molecule has 1 fully saturated rings. The molecule has 0 unspecified atom stereocenters. The summed E-state index contributed by atoms with van der Waals surface area (Å²) in [5.41, 5.74) is 0. The first-order chi connectivity index (χ1) is 6.34. The van der Waals surface area contributed by atoms with Crippen LogP contribution in [0.1, 0.15) is 19.3 Å². The predicted octanol–water partition coefficient (Wildman–Crippen LogP) is -0.515. The Morgan fingerprint density at radius 3 is 3.08 bits per heavy atom. The third-order valence-electron chi connectivity index (χ3n) is 2.30. The van der Waals surface area contributed by atoms with Crippen LogP contribution in [0.25, 0.3) is 0 Å². The van der Waals surface area contributed by atoms with Gasteiger partial charge in [0.05, 0.1) is 5.92 Å². The molecule has 76 valence electrons. The highest BCUT2D eigenvalue weighted by atomic mass is 16.3. The van der Waals surface area contributed by atoms with Crippen LogP contribution in [0.3, 0.4) is 0 Å². The van der Waals surface area contributed by atoms with Crippen molar-refractivity contribution < 1.29 is 9.90 Å². The van der Waals surface area contributed by atoms with Gasteiger partial charge in [-0.25, -0.2) is 0 Å². The van der Waals surface area contributed by atoms with E-state index in [1.54, 1.807) is 0 Å². The fraction of sp³-hybridized carbons (Fsp3) is 0.889. The number of hydrogen-bond donors (Lipinski definition) is 3. The van der Waals surface area contributed by atoms with Crippen LogP contribution in [-0.4, -0.2) is 37.3 Å². The van der Waals surface area contributed by atoms with Gasteiger partial charge in [0.2, 0.25) is 5.91 Å². The van der Waals surface area contributed by atoms with Gasteiger partial charge >= 0.3 is 0 Å². The summed E-state index contributed by atoms with van der Waals surface area (Å²) in [6.45, 7) is 2.56. The summed E-state index contributed by atoms with van der Waals surface area (Å²) in [6.07, 6.45) is 2.71. The second kappa shape index (κ2) is 5.94. The van der Waals surface area contributed by atoms with Crippen LogP contribution in [-0.2, 0) is 4.79 Å². The molecule has 4 heteroatoms. The normalized spacial score (nSPS) is 22.7. The number of carbonyl (C=O) groups is 1. The molecule has 1 atom stereocenters. The highest BCUT2D eigenvalue weighted by Gasteiger charge is 2.19. The number of piperidine rings is 1. The molecular formula is C9H18N2O2. The van der Waals surface area contributed by atoms with Crippen molar-refractivity contribution in [3.05, 3.63) is 0 Å². The first-order valence-electron chi connectivity index (χ1n) is 4.94. The average molecular weight is 186 g/mol. The SMILES string of the molecule is O=C(NCCCO)[C@H]1CCCNC1. The lowest BCUT2D eigenvalue weighted by atomic mass is 9.99. The first-order valence-corrected chi connectivity index (χ1v) is 4.94. The third-order valence-corrected chi connectivity index (χ3v) is 2.30. The van der Waals surface area contributed by atoms with Crippen molar-refractivity contribution in [2.45, 2.75) is 19.3 Å². The summed E-state index contributed by atoms with van der Waals surface area (Å²) in [6, 6.07) is 0. The van der Waals surface area contributed by atoms with Gasteiger partial charge in [0.1, 0.15) is 0 Å². The summed E-state index contributed by atoms with van der Waals surface area (Å²) in [4.78, 5) is 11.4. The van der Waals surface area contributed by atoms with Gasteiger partial charge in [-0.15, -0.1) is 0 Å². The number of aliphatic hydroxyl groups is 1. The minimum Gasteiger partial charge on any atom is -0.396 e. The van der Waals surface area contributed by atoms with Crippen molar-refractivity contribution in [1.82, 2.24) is 10.6 Å². The van der Waals surface area contributed by atoms with Crippen molar-refractivity contribution in [3.8, 4) is 0 Å². The molecule has 0 radical (unpaired) electrons. The highest BCUT2D eigenvalue weighted by molar-refractivity contribution is 5.78. The molecule has 1 aliphatic rings. The van der Waals surface area contributed by atoms with Crippen LogP contribution in [0.4, 0.5) is 0 Å². The van der Waals surface area contributed by atoms with Gasteiger partial charge in [-0.3, -0.25) is 4.79 Å². The number of hydrogen-bond acceptors (Lipinski definition) is 3. The van der Waals surface area contributed by atoms with Gasteiger partial charge in [0.25, 0.3) is 0 Å². The van der Waals surface area contributed by atoms with E-state index in [0.29, 0.717) is 13.0 Å². The molecular weight excluding hydrogens is 168 g/mol. The minimum atomic E-state index is 0.126. The maximum absolute atomic E-state index is 11.4. The monoisotopic (exact) mass is 186 g/mol. The number of amides is 1. The fourth-order valence-electron chi connectivity index (χ4n) is 1.51. The van der Waals surface area contributed by atoms with Gasteiger partial charge in [0, 0.05) is 19.7 Å². The van der Waals surface area contributed by atoms with Gasteiger partial charge in [-0.2, -0.15) is 0 Å². The maximum Gasteiger partial charge on any atom is 0.224 e. The summed E-state index contributed by atoms with van der Waals surface area (Å²) >= 11 is 0. The zero-order valence-electron chi connectivity index (χ0n) is 7.88. The lowest BCUT2D eigenvalue weighted by Crippen LogP contribution is -2.40. The molecule has 0 bridgehead atoms. The smallest absolute Gasteiger partial charge is 0.224 e. The van der Waals surface area contributed by atoms with Crippen LogP contribution in [0.2, 0.25) is 0 Å². The summed E-state index contributed by atoms with van der Waals surface area (Å²) in [5.74, 6) is 0.257. The molecule has 0 aromatic heterocycles. The lowest BCUT2D eigenvalue weighted by molar-refractivity contribution is -0.125. The second-order valence-corrected chi connectivity index (χ2v) is 3.41. The van der Waals surface area contributed by atoms with Crippen molar-refractivity contribution in [3.63, 3.8) is 0 Å². The third kappa shape index (κ3) is 3.74. The molecule has 1 aliphatic heterocycles. The summed E-state index contributed by atoms with van der Waals surface area (Å²) in [7, 11) is 0. The van der Waals surface area contributed by atoms with E-state index < -0.39 is 0 Å². The zero-order valence-corrected chi connectivity index (χ0v) is 7.88. The van der Waals surface area contributed by atoms with Crippen LogP contribution < -0.4 is 10.6 Å².